The van der Waals surface area contributed by atoms with Crippen molar-refractivity contribution in [2.75, 3.05) is 0 Å². The molecule has 0 saturated heterocycles. The van der Waals surface area contributed by atoms with Crippen molar-refractivity contribution in [2.24, 2.45) is 0 Å². The Labute approximate surface area is 111 Å². The molecule has 0 spiro atoms. The van der Waals surface area contributed by atoms with Crippen LogP contribution in [0.2, 0.25) is 5.02 Å². The van der Waals surface area contributed by atoms with Gasteiger partial charge in [0.1, 0.15) is 0 Å². The molecule has 1 saturated carbocycles. The van der Waals surface area contributed by atoms with Gasteiger partial charge in [0, 0.05) is 0 Å². The van der Waals surface area contributed by atoms with Crippen molar-refractivity contribution in [1.82, 2.24) is 9.78 Å². The Morgan fingerprint density at radius 3 is 2.78 bits per heavy atom. The second-order valence-electron chi connectivity index (χ2n) is 4.60. The fourth-order valence-corrected chi connectivity index (χ4v) is 2.56. The molecule has 0 N–H and O–H groups in total. The van der Waals surface area contributed by atoms with E-state index in [1.54, 1.807) is 10.9 Å². The quantitative estimate of drug-likeness (QED) is 0.840. The summed E-state index contributed by atoms with van der Waals surface area (Å²) < 4.78 is 7.65. The van der Waals surface area contributed by atoms with E-state index in [0.717, 1.165) is 24.3 Å². The molecule has 0 amide bonds. The maximum Gasteiger partial charge on any atom is 0.158 e. The van der Waals surface area contributed by atoms with Crippen LogP contribution in [0.5, 0.6) is 5.75 Å². The number of aromatic nitrogens is 2. The molecule has 1 aromatic carbocycles. The molecule has 1 fully saturated rings. The monoisotopic (exact) mass is 262 g/mol. The van der Waals surface area contributed by atoms with Crippen molar-refractivity contribution >= 4 is 11.6 Å². The number of hydrogen-bond acceptors (Lipinski definition) is 2. The summed E-state index contributed by atoms with van der Waals surface area (Å²) in [6.07, 6.45) is 8.83. The van der Waals surface area contributed by atoms with Gasteiger partial charge >= 0.3 is 0 Å². The van der Waals surface area contributed by atoms with Crippen molar-refractivity contribution < 1.29 is 4.74 Å². The minimum absolute atomic E-state index is 0.355. The summed E-state index contributed by atoms with van der Waals surface area (Å²) in [5, 5.41) is 4.98. The van der Waals surface area contributed by atoms with Gasteiger partial charge in [-0.05, 0) is 37.8 Å². The normalized spacial score (nSPS) is 16.1. The number of rotatable bonds is 3. The average molecular weight is 263 g/mol. The predicted octanol–water partition coefficient (Wildman–Crippen LogP) is 3.85. The first kappa shape index (κ1) is 11.6. The minimum atomic E-state index is 0.355. The minimum Gasteiger partial charge on any atom is -0.487 e. The van der Waals surface area contributed by atoms with Gasteiger partial charge in [-0.25, -0.2) is 4.68 Å². The number of halogens is 1. The lowest BCUT2D eigenvalue weighted by atomic mass is 10.3. The molecule has 2 aromatic rings. The summed E-state index contributed by atoms with van der Waals surface area (Å²) in [5.74, 6) is 0.821. The molecule has 18 heavy (non-hydrogen) atoms. The third kappa shape index (κ3) is 2.36. The van der Waals surface area contributed by atoms with Gasteiger partial charge in [0.25, 0.3) is 0 Å². The topological polar surface area (TPSA) is 27.1 Å². The smallest absolute Gasteiger partial charge is 0.158 e. The number of ether oxygens (including phenoxy) is 1. The van der Waals surface area contributed by atoms with Gasteiger partial charge in [0.15, 0.2) is 5.75 Å². The second kappa shape index (κ2) is 5.02. The number of nitrogens with zero attached hydrogens (tertiary/aromatic N) is 2. The molecule has 1 aliphatic rings. The maximum atomic E-state index is 6.14. The molecule has 1 aliphatic carbocycles. The highest BCUT2D eigenvalue weighted by Crippen LogP contribution is 2.25. The maximum absolute atomic E-state index is 6.14. The number of benzene rings is 1. The zero-order valence-electron chi connectivity index (χ0n) is 10.1. The zero-order valence-corrected chi connectivity index (χ0v) is 10.8. The van der Waals surface area contributed by atoms with Crippen LogP contribution < -0.4 is 4.74 Å². The van der Waals surface area contributed by atoms with Crippen LogP contribution in [0.15, 0.2) is 36.7 Å². The Kier molecular flexibility index (Phi) is 3.24. The molecule has 0 bridgehead atoms. The molecule has 1 heterocycles. The van der Waals surface area contributed by atoms with Crippen LogP contribution in [0, 0.1) is 0 Å². The fraction of sp³-hybridized carbons (Fsp3) is 0.357. The SMILES string of the molecule is Clc1ccccc1-n1cc(OC2CCCC2)cn1. The van der Waals surface area contributed by atoms with Crippen LogP contribution in [0.1, 0.15) is 25.7 Å². The van der Waals surface area contributed by atoms with E-state index in [1.165, 1.54) is 12.8 Å². The summed E-state index contributed by atoms with van der Waals surface area (Å²) in [7, 11) is 0. The van der Waals surface area contributed by atoms with Gasteiger partial charge in [0.05, 0.1) is 29.2 Å². The van der Waals surface area contributed by atoms with Gasteiger partial charge < -0.3 is 4.74 Å². The summed E-state index contributed by atoms with van der Waals surface area (Å²) in [5.41, 5.74) is 0.875. The predicted molar refractivity (Wildman–Crippen MR) is 71.5 cm³/mol. The van der Waals surface area contributed by atoms with Crippen LogP contribution in [0.25, 0.3) is 5.69 Å². The van der Waals surface area contributed by atoms with Crippen LogP contribution in [-0.2, 0) is 0 Å². The van der Waals surface area contributed by atoms with Crippen LogP contribution in [0.4, 0.5) is 0 Å². The van der Waals surface area contributed by atoms with Gasteiger partial charge in [0.2, 0.25) is 0 Å². The average Bonchev–Trinajstić information content (AvgIpc) is 3.02. The zero-order chi connectivity index (χ0) is 12.4. The summed E-state index contributed by atoms with van der Waals surface area (Å²) in [6.45, 7) is 0. The highest BCUT2D eigenvalue weighted by molar-refractivity contribution is 6.32. The van der Waals surface area contributed by atoms with Crippen molar-refractivity contribution in [1.29, 1.82) is 0 Å². The van der Waals surface area contributed by atoms with Gasteiger partial charge in [-0.2, -0.15) is 5.10 Å². The molecule has 0 atom stereocenters. The molecular weight excluding hydrogens is 248 g/mol. The Bertz CT molecular complexity index is 532. The highest BCUT2D eigenvalue weighted by atomic mass is 35.5. The van der Waals surface area contributed by atoms with E-state index in [0.29, 0.717) is 11.1 Å². The van der Waals surface area contributed by atoms with E-state index in [1.807, 2.05) is 30.5 Å². The molecule has 0 radical (unpaired) electrons. The van der Waals surface area contributed by atoms with E-state index < -0.39 is 0 Å². The molecule has 3 rings (SSSR count). The largest absolute Gasteiger partial charge is 0.487 e. The van der Waals surface area contributed by atoms with Gasteiger partial charge in [-0.1, -0.05) is 23.7 Å². The van der Waals surface area contributed by atoms with Crippen molar-refractivity contribution in [3.05, 3.63) is 41.7 Å². The lowest BCUT2D eigenvalue weighted by molar-refractivity contribution is 0.210. The number of para-hydroxylation sites is 1. The first-order chi connectivity index (χ1) is 8.83. The van der Waals surface area contributed by atoms with E-state index >= 15 is 0 Å². The Morgan fingerprint density at radius 2 is 2.00 bits per heavy atom. The second-order valence-corrected chi connectivity index (χ2v) is 5.00. The number of hydrogen-bond donors (Lipinski definition) is 0. The molecule has 0 unspecified atom stereocenters. The molecule has 1 aromatic heterocycles. The van der Waals surface area contributed by atoms with Gasteiger partial charge in [-0.15, -0.1) is 0 Å². The Morgan fingerprint density at radius 1 is 1.22 bits per heavy atom. The third-order valence-electron chi connectivity index (χ3n) is 3.26. The van der Waals surface area contributed by atoms with Crippen molar-refractivity contribution in [3.63, 3.8) is 0 Å². The molecule has 3 nitrogen and oxygen atoms in total. The fourth-order valence-electron chi connectivity index (χ4n) is 2.34. The van der Waals surface area contributed by atoms with E-state index in [9.17, 15) is 0 Å². The standard InChI is InChI=1S/C14H15ClN2O/c15-13-7-3-4-8-14(13)17-10-12(9-16-17)18-11-5-1-2-6-11/h3-4,7-11H,1-2,5-6H2. The Hall–Kier alpha value is -1.48. The van der Waals surface area contributed by atoms with Crippen LogP contribution in [-0.4, -0.2) is 15.9 Å². The van der Waals surface area contributed by atoms with Crippen molar-refractivity contribution in [3.8, 4) is 11.4 Å². The molecule has 4 heteroatoms. The highest BCUT2D eigenvalue weighted by Gasteiger charge is 2.17. The van der Waals surface area contributed by atoms with Crippen LogP contribution in [0.3, 0.4) is 0 Å². The first-order valence-electron chi connectivity index (χ1n) is 6.29. The summed E-state index contributed by atoms with van der Waals surface area (Å²) in [4.78, 5) is 0. The van der Waals surface area contributed by atoms with E-state index in [-0.39, 0.29) is 0 Å². The lowest BCUT2D eigenvalue weighted by Crippen LogP contribution is -2.10. The van der Waals surface area contributed by atoms with E-state index in [2.05, 4.69) is 5.10 Å². The summed E-state index contributed by atoms with van der Waals surface area (Å²) >= 11 is 6.14. The van der Waals surface area contributed by atoms with E-state index in [4.69, 9.17) is 16.3 Å². The van der Waals surface area contributed by atoms with Crippen molar-refractivity contribution in [2.45, 2.75) is 31.8 Å². The third-order valence-corrected chi connectivity index (χ3v) is 3.58. The Balaban J connectivity index is 1.79. The molecule has 94 valence electrons. The van der Waals surface area contributed by atoms with Gasteiger partial charge in [-0.3, -0.25) is 0 Å². The molecular formula is C14H15ClN2O. The molecule has 0 aliphatic heterocycles. The van der Waals surface area contributed by atoms with Crippen LogP contribution >= 0.6 is 11.6 Å². The first-order valence-corrected chi connectivity index (χ1v) is 6.67. The summed E-state index contributed by atoms with van der Waals surface area (Å²) in [6, 6.07) is 7.65. The lowest BCUT2D eigenvalue weighted by Gasteiger charge is -2.10.